The van der Waals surface area contributed by atoms with Crippen LogP contribution < -0.4 is 0 Å². The summed E-state index contributed by atoms with van der Waals surface area (Å²) in [6.45, 7) is 10.1. The fourth-order valence-corrected chi connectivity index (χ4v) is 10.3. The van der Waals surface area contributed by atoms with Crippen molar-refractivity contribution in [3.8, 4) is 0 Å². The van der Waals surface area contributed by atoms with Gasteiger partial charge in [-0.1, -0.05) is 20.8 Å². The maximum absolute atomic E-state index is 13.2. The van der Waals surface area contributed by atoms with Gasteiger partial charge in [0, 0.05) is 31.5 Å². The van der Waals surface area contributed by atoms with Gasteiger partial charge >= 0.3 is 0 Å². The van der Waals surface area contributed by atoms with Crippen molar-refractivity contribution in [2.45, 2.75) is 90.7 Å². The van der Waals surface area contributed by atoms with Crippen molar-refractivity contribution < 1.29 is 9.90 Å². The number of hydrogen-bond donors (Lipinski definition) is 1. The Bertz CT molecular complexity index is 705. The molecule has 6 fully saturated rings. The third kappa shape index (κ3) is 2.79. The molecule has 0 bridgehead atoms. The van der Waals surface area contributed by atoms with Crippen LogP contribution in [0.1, 0.15) is 78.6 Å². The lowest BCUT2D eigenvalue weighted by molar-refractivity contribution is -0.145. The molecule has 30 heavy (non-hydrogen) atoms. The number of fused-ring (bicyclic) bond motifs is 8. The third-order valence-corrected chi connectivity index (χ3v) is 11.8. The number of aliphatic hydroxyl groups is 1. The van der Waals surface area contributed by atoms with Crippen LogP contribution in [0.5, 0.6) is 0 Å². The molecule has 0 radical (unpaired) electrons. The number of aliphatic hydroxyl groups excluding tert-OH is 1. The van der Waals surface area contributed by atoms with Crippen molar-refractivity contribution in [3.05, 3.63) is 0 Å². The van der Waals surface area contributed by atoms with Crippen LogP contribution in [0.25, 0.3) is 0 Å². The van der Waals surface area contributed by atoms with Crippen molar-refractivity contribution in [1.82, 2.24) is 4.90 Å². The van der Waals surface area contributed by atoms with Gasteiger partial charge in [0.2, 0.25) is 0 Å². The fraction of sp³-hybridized carbons (Fsp3) is 0.963. The van der Waals surface area contributed by atoms with Crippen LogP contribution in [0, 0.1) is 58.7 Å². The zero-order valence-corrected chi connectivity index (χ0v) is 19.4. The topological polar surface area (TPSA) is 40.5 Å². The number of rotatable bonds is 0. The Morgan fingerprint density at radius 1 is 0.900 bits per heavy atom. The van der Waals surface area contributed by atoms with Gasteiger partial charge in [0.05, 0.1) is 6.10 Å². The zero-order chi connectivity index (χ0) is 20.8. The molecule has 12 atom stereocenters. The summed E-state index contributed by atoms with van der Waals surface area (Å²) in [7, 11) is 0. The van der Waals surface area contributed by atoms with Gasteiger partial charge < -0.3 is 5.11 Å². The summed E-state index contributed by atoms with van der Waals surface area (Å²) in [4.78, 5) is 16.1. The second kappa shape index (κ2) is 7.04. The number of hydrogen-bond acceptors (Lipinski definition) is 3. The maximum Gasteiger partial charge on any atom is 0.136 e. The first kappa shape index (κ1) is 20.2. The van der Waals surface area contributed by atoms with Crippen LogP contribution in [0.3, 0.4) is 0 Å². The molecule has 168 valence electrons. The molecule has 0 spiro atoms. The molecule has 4 aliphatic carbocycles. The normalized spacial score (nSPS) is 58.3. The monoisotopic (exact) mass is 413 g/mol. The van der Waals surface area contributed by atoms with E-state index in [4.69, 9.17) is 0 Å². The summed E-state index contributed by atoms with van der Waals surface area (Å²) in [6, 6.07) is 0.839. The predicted octanol–water partition coefficient (Wildman–Crippen LogP) is 4.77. The van der Waals surface area contributed by atoms with Crippen LogP contribution in [0.4, 0.5) is 0 Å². The van der Waals surface area contributed by atoms with E-state index in [0.29, 0.717) is 11.7 Å². The highest BCUT2D eigenvalue weighted by atomic mass is 16.3. The Hall–Kier alpha value is -0.410. The van der Waals surface area contributed by atoms with E-state index in [2.05, 4.69) is 25.7 Å². The molecule has 1 N–H and O–H groups in total. The van der Waals surface area contributed by atoms with E-state index in [9.17, 15) is 9.90 Å². The molecular weight excluding hydrogens is 370 g/mol. The molecule has 2 aliphatic heterocycles. The molecule has 2 saturated heterocycles. The average Bonchev–Trinajstić information content (AvgIpc) is 3.09. The molecule has 0 amide bonds. The molecule has 0 unspecified atom stereocenters. The standard InChI is InChI=1S/C27H43NO2/c1-15-4-7-25-16(2)18-5-6-19-20(22(18)14-28(25)13-15)11-23-21(19)12-26(30)24-10-17(29)8-9-27(23,24)3/h15-25,29H,4-14H2,1-3H3/t15-,16+,17-,18+,19+,20+,21-,22+,23-,24+,25-,27+/m0/s1. The van der Waals surface area contributed by atoms with Gasteiger partial charge in [-0.2, -0.15) is 0 Å². The van der Waals surface area contributed by atoms with Crippen molar-refractivity contribution in [3.63, 3.8) is 0 Å². The number of ketones is 1. The Balaban J connectivity index is 1.28. The molecule has 0 aromatic carbocycles. The van der Waals surface area contributed by atoms with E-state index < -0.39 is 0 Å². The van der Waals surface area contributed by atoms with E-state index in [1.807, 2.05) is 0 Å². The highest BCUT2D eigenvalue weighted by Crippen LogP contribution is 2.66. The summed E-state index contributed by atoms with van der Waals surface area (Å²) in [5.74, 6) is 7.19. The van der Waals surface area contributed by atoms with E-state index >= 15 is 0 Å². The first-order valence-corrected chi connectivity index (χ1v) is 13.3. The SMILES string of the molecule is C[C@H]1CC[C@H]2[C@H](C)[C@H]3CC[C@@H]4[C@@H](C[C@H]5[C@H]4CC(=O)[C@H]4C[C@@H](O)CC[C@@]45C)[C@@H]3CN2C1. The minimum atomic E-state index is -0.242. The van der Waals surface area contributed by atoms with E-state index in [1.54, 1.807) is 0 Å². The lowest BCUT2D eigenvalue weighted by Gasteiger charge is -2.56. The first-order chi connectivity index (χ1) is 14.4. The van der Waals surface area contributed by atoms with E-state index in [1.165, 1.54) is 45.2 Å². The van der Waals surface area contributed by atoms with Gasteiger partial charge in [0.25, 0.3) is 0 Å². The molecular formula is C27H43NO2. The van der Waals surface area contributed by atoms with Crippen LogP contribution in [0.2, 0.25) is 0 Å². The van der Waals surface area contributed by atoms with Crippen LogP contribution >= 0.6 is 0 Å². The number of piperidine rings is 2. The zero-order valence-electron chi connectivity index (χ0n) is 19.4. The molecule has 6 aliphatic rings. The van der Waals surface area contributed by atoms with Gasteiger partial charge in [-0.3, -0.25) is 9.69 Å². The van der Waals surface area contributed by atoms with Crippen molar-refractivity contribution in [1.29, 1.82) is 0 Å². The second-order valence-electron chi connectivity index (χ2n) is 13.0. The number of carbonyl (C=O) groups is 1. The minimum absolute atomic E-state index is 0.135. The predicted molar refractivity (Wildman–Crippen MR) is 119 cm³/mol. The lowest BCUT2D eigenvalue weighted by Crippen LogP contribution is -2.58. The van der Waals surface area contributed by atoms with E-state index in [0.717, 1.165) is 73.2 Å². The quantitative estimate of drug-likeness (QED) is 0.622. The Morgan fingerprint density at radius 3 is 2.53 bits per heavy atom. The molecule has 4 saturated carbocycles. The maximum atomic E-state index is 13.2. The molecule has 0 aromatic heterocycles. The number of nitrogens with zero attached hydrogens (tertiary/aromatic N) is 1. The second-order valence-corrected chi connectivity index (χ2v) is 13.0. The largest absolute Gasteiger partial charge is 0.393 e. The van der Waals surface area contributed by atoms with Gasteiger partial charge in [0.15, 0.2) is 0 Å². The Labute approximate surface area is 183 Å². The number of Topliss-reactive ketones (excluding diaryl/α,β-unsaturated/α-hetero) is 1. The van der Waals surface area contributed by atoms with Crippen LogP contribution in [0.15, 0.2) is 0 Å². The highest BCUT2D eigenvalue weighted by Gasteiger charge is 2.62. The highest BCUT2D eigenvalue weighted by molar-refractivity contribution is 5.83. The summed E-state index contributed by atoms with van der Waals surface area (Å²) < 4.78 is 0. The summed E-state index contributed by atoms with van der Waals surface area (Å²) in [6.07, 6.45) is 10.3. The van der Waals surface area contributed by atoms with Gasteiger partial charge in [0.1, 0.15) is 5.78 Å². The fourth-order valence-electron chi connectivity index (χ4n) is 10.3. The third-order valence-electron chi connectivity index (χ3n) is 11.8. The van der Waals surface area contributed by atoms with Crippen molar-refractivity contribution in [2.24, 2.45) is 58.7 Å². The average molecular weight is 414 g/mol. The molecule has 0 aromatic rings. The lowest BCUT2D eigenvalue weighted by atomic mass is 9.51. The summed E-state index contributed by atoms with van der Waals surface area (Å²) >= 11 is 0. The Morgan fingerprint density at radius 2 is 1.70 bits per heavy atom. The van der Waals surface area contributed by atoms with Gasteiger partial charge in [-0.25, -0.2) is 0 Å². The number of carbonyl (C=O) groups excluding carboxylic acids is 1. The molecule has 6 rings (SSSR count). The summed E-state index contributed by atoms with van der Waals surface area (Å²) in [5.41, 5.74) is 0.161. The van der Waals surface area contributed by atoms with Crippen molar-refractivity contribution in [2.75, 3.05) is 13.1 Å². The summed E-state index contributed by atoms with van der Waals surface area (Å²) in [5, 5.41) is 10.3. The smallest absolute Gasteiger partial charge is 0.136 e. The van der Waals surface area contributed by atoms with Crippen LogP contribution in [-0.2, 0) is 4.79 Å². The minimum Gasteiger partial charge on any atom is -0.393 e. The van der Waals surface area contributed by atoms with Crippen LogP contribution in [-0.4, -0.2) is 41.0 Å². The molecule has 3 heteroatoms. The Kier molecular flexibility index (Phi) is 4.75. The molecule has 2 heterocycles. The van der Waals surface area contributed by atoms with Gasteiger partial charge in [-0.15, -0.1) is 0 Å². The van der Waals surface area contributed by atoms with E-state index in [-0.39, 0.29) is 17.4 Å². The first-order valence-electron chi connectivity index (χ1n) is 13.3. The molecule has 3 nitrogen and oxygen atoms in total. The van der Waals surface area contributed by atoms with Crippen molar-refractivity contribution >= 4 is 5.78 Å². The van der Waals surface area contributed by atoms with Gasteiger partial charge in [-0.05, 0) is 104 Å².